The van der Waals surface area contributed by atoms with Gasteiger partial charge >= 0.3 is 0 Å². The molecule has 4 unspecified atom stereocenters. The van der Waals surface area contributed by atoms with Crippen molar-refractivity contribution in [3.63, 3.8) is 0 Å². The Morgan fingerprint density at radius 1 is 0.625 bits per heavy atom. The summed E-state index contributed by atoms with van der Waals surface area (Å²) in [5, 5.41) is 0. The summed E-state index contributed by atoms with van der Waals surface area (Å²) >= 11 is 15.9. The molecule has 0 aromatic heterocycles. The van der Waals surface area contributed by atoms with Crippen molar-refractivity contribution in [2.45, 2.75) is 110 Å². The first-order valence-corrected chi connectivity index (χ1v) is 13.7. The Morgan fingerprint density at radius 2 is 0.958 bits per heavy atom. The molecule has 0 radical (unpaired) electrons. The van der Waals surface area contributed by atoms with E-state index in [1.165, 1.54) is 77.0 Å². The maximum absolute atomic E-state index is 4.02. The first-order chi connectivity index (χ1) is 11.5. The van der Waals surface area contributed by atoms with Gasteiger partial charge in [-0.1, -0.05) is 116 Å². The van der Waals surface area contributed by atoms with Crippen LogP contribution in [0.15, 0.2) is 0 Å². The third-order valence-electron chi connectivity index (χ3n) is 5.58. The Balaban J connectivity index is 2.31. The van der Waals surface area contributed by atoms with Crippen molar-refractivity contribution in [2.24, 2.45) is 11.8 Å². The Morgan fingerprint density at radius 3 is 1.25 bits per heavy atom. The lowest BCUT2D eigenvalue weighted by Gasteiger charge is -2.36. The highest BCUT2D eigenvalue weighted by Gasteiger charge is 2.33. The lowest BCUT2D eigenvalue weighted by molar-refractivity contribution is 0.262. The number of rotatable bonds is 12. The van der Waals surface area contributed by atoms with Gasteiger partial charge in [-0.2, -0.15) is 0 Å². The van der Waals surface area contributed by atoms with E-state index < -0.39 is 0 Å². The smallest absolute Gasteiger partial charge is 0.0299 e. The molecule has 1 rings (SSSR count). The highest BCUT2D eigenvalue weighted by molar-refractivity contribution is 9.12. The summed E-state index contributed by atoms with van der Waals surface area (Å²) in [6.45, 7) is 4.57. The number of alkyl halides is 4. The number of hydrogen-bond acceptors (Lipinski definition) is 0. The van der Waals surface area contributed by atoms with Crippen LogP contribution >= 0.6 is 63.7 Å². The van der Waals surface area contributed by atoms with E-state index in [1.807, 2.05) is 0 Å². The second-order valence-corrected chi connectivity index (χ2v) is 12.1. The Kier molecular flexibility index (Phi) is 14.0. The van der Waals surface area contributed by atoms with Gasteiger partial charge in [0.25, 0.3) is 0 Å². The van der Waals surface area contributed by atoms with Crippen LogP contribution in [0.5, 0.6) is 0 Å². The molecule has 0 aliphatic heterocycles. The first-order valence-electron chi connectivity index (χ1n) is 10.1. The van der Waals surface area contributed by atoms with E-state index in [1.54, 1.807) is 0 Å². The van der Waals surface area contributed by atoms with Crippen LogP contribution in [0, 0.1) is 11.8 Å². The quantitative estimate of drug-likeness (QED) is 0.156. The third kappa shape index (κ3) is 8.74. The van der Waals surface area contributed by atoms with Crippen LogP contribution in [-0.2, 0) is 0 Å². The number of halogens is 4. The van der Waals surface area contributed by atoms with E-state index in [4.69, 9.17) is 0 Å². The van der Waals surface area contributed by atoms with Gasteiger partial charge in [-0.3, -0.25) is 0 Å². The second kappa shape index (κ2) is 14.0. The fourth-order valence-electron chi connectivity index (χ4n) is 3.87. The van der Waals surface area contributed by atoms with Crippen molar-refractivity contribution in [3.8, 4) is 0 Å². The zero-order chi connectivity index (χ0) is 17.9. The lowest BCUT2D eigenvalue weighted by Crippen LogP contribution is -2.33. The fraction of sp³-hybridized carbons (Fsp3) is 1.00. The average Bonchev–Trinajstić information content (AvgIpc) is 2.60. The van der Waals surface area contributed by atoms with Crippen molar-refractivity contribution in [1.29, 1.82) is 0 Å². The highest BCUT2D eigenvalue weighted by atomic mass is 79.9. The van der Waals surface area contributed by atoms with Gasteiger partial charge in [0.1, 0.15) is 0 Å². The number of unbranched alkanes of at least 4 members (excludes halogenated alkanes) is 4. The standard InChI is InChI=1S/C20H36Br4/c1-3-5-7-9-17(21)19(23)15-11-13-16(14-12-15)20(24)18(22)10-8-6-4-2/h15-20H,3-14H2,1-2H3. The van der Waals surface area contributed by atoms with Crippen molar-refractivity contribution in [2.75, 3.05) is 0 Å². The molecule has 0 spiro atoms. The van der Waals surface area contributed by atoms with Gasteiger partial charge in [0.2, 0.25) is 0 Å². The molecule has 1 fully saturated rings. The molecule has 0 aromatic carbocycles. The van der Waals surface area contributed by atoms with Crippen molar-refractivity contribution in [1.82, 2.24) is 0 Å². The van der Waals surface area contributed by atoms with Crippen LogP contribution in [0.3, 0.4) is 0 Å². The molecule has 4 heteroatoms. The molecule has 0 bridgehead atoms. The van der Waals surface area contributed by atoms with Crippen molar-refractivity contribution in [3.05, 3.63) is 0 Å². The van der Waals surface area contributed by atoms with Crippen molar-refractivity contribution >= 4 is 63.7 Å². The van der Waals surface area contributed by atoms with E-state index in [2.05, 4.69) is 77.6 Å². The summed E-state index contributed by atoms with van der Waals surface area (Å²) in [6.07, 6.45) is 16.2. The molecule has 0 amide bonds. The van der Waals surface area contributed by atoms with Gasteiger partial charge in [0.05, 0.1) is 0 Å². The summed E-state index contributed by atoms with van der Waals surface area (Å²) in [5.41, 5.74) is 0. The highest BCUT2D eigenvalue weighted by Crippen LogP contribution is 2.42. The van der Waals surface area contributed by atoms with Crippen molar-refractivity contribution < 1.29 is 0 Å². The molecule has 0 heterocycles. The van der Waals surface area contributed by atoms with E-state index in [0.29, 0.717) is 19.3 Å². The van der Waals surface area contributed by atoms with Gasteiger partial charge < -0.3 is 0 Å². The van der Waals surface area contributed by atoms with E-state index in [9.17, 15) is 0 Å². The largest absolute Gasteiger partial charge is 0.0878 e. The van der Waals surface area contributed by atoms with Gasteiger partial charge in [-0.15, -0.1) is 0 Å². The molecule has 24 heavy (non-hydrogen) atoms. The van der Waals surface area contributed by atoms with Crippen LogP contribution < -0.4 is 0 Å². The molecular weight excluding hydrogens is 560 g/mol. The van der Waals surface area contributed by atoms with Crippen LogP contribution in [-0.4, -0.2) is 19.3 Å². The Bertz CT molecular complexity index is 272. The molecule has 1 aliphatic rings. The summed E-state index contributed by atoms with van der Waals surface area (Å²) in [7, 11) is 0. The monoisotopic (exact) mass is 592 g/mol. The summed E-state index contributed by atoms with van der Waals surface area (Å²) in [6, 6.07) is 0. The minimum Gasteiger partial charge on any atom is -0.0878 e. The Hall–Kier alpha value is 1.92. The van der Waals surface area contributed by atoms with Gasteiger partial charge in [0.15, 0.2) is 0 Å². The average molecular weight is 596 g/mol. The minimum absolute atomic E-state index is 0.642. The minimum atomic E-state index is 0.642. The molecule has 1 saturated carbocycles. The summed E-state index contributed by atoms with van der Waals surface area (Å²) in [4.78, 5) is 2.58. The molecule has 0 aromatic rings. The van der Waals surface area contributed by atoms with Gasteiger partial charge in [0, 0.05) is 19.3 Å². The lowest BCUT2D eigenvalue weighted by atomic mass is 9.77. The molecule has 0 nitrogen and oxygen atoms in total. The van der Waals surface area contributed by atoms with Crippen LogP contribution in [0.4, 0.5) is 0 Å². The van der Waals surface area contributed by atoms with Crippen LogP contribution in [0.25, 0.3) is 0 Å². The molecule has 4 atom stereocenters. The molecular formula is C20H36Br4. The summed E-state index contributed by atoms with van der Waals surface area (Å²) in [5.74, 6) is 1.70. The van der Waals surface area contributed by atoms with E-state index >= 15 is 0 Å². The van der Waals surface area contributed by atoms with Gasteiger partial charge in [-0.25, -0.2) is 0 Å². The normalized spacial score (nSPS) is 26.8. The third-order valence-corrected chi connectivity index (χ3v) is 11.8. The fourth-order valence-corrected chi connectivity index (χ4v) is 6.97. The first kappa shape index (κ1) is 24.0. The molecule has 1 aliphatic carbocycles. The van der Waals surface area contributed by atoms with E-state index in [-0.39, 0.29) is 0 Å². The van der Waals surface area contributed by atoms with Crippen LogP contribution in [0.1, 0.15) is 90.9 Å². The predicted molar refractivity (Wildman–Crippen MR) is 125 cm³/mol. The SMILES string of the molecule is CCCCCC(Br)C(Br)C1CCC(C(Br)C(Br)CCCCC)CC1. The van der Waals surface area contributed by atoms with Gasteiger partial charge in [-0.05, 0) is 50.4 Å². The van der Waals surface area contributed by atoms with E-state index in [0.717, 1.165) is 11.8 Å². The molecule has 0 saturated heterocycles. The maximum atomic E-state index is 4.02. The predicted octanol–water partition coefficient (Wildman–Crippen LogP) is 9.01. The molecule has 0 N–H and O–H groups in total. The van der Waals surface area contributed by atoms with Crippen LogP contribution in [0.2, 0.25) is 0 Å². The molecule has 144 valence electrons. The second-order valence-electron chi connectivity index (χ2n) is 7.59. The Labute approximate surface area is 184 Å². The topological polar surface area (TPSA) is 0 Å². The summed E-state index contributed by atoms with van der Waals surface area (Å²) < 4.78 is 0. The zero-order valence-electron chi connectivity index (χ0n) is 15.5. The maximum Gasteiger partial charge on any atom is 0.0299 e. The zero-order valence-corrected chi connectivity index (χ0v) is 21.8. The number of hydrogen-bond donors (Lipinski definition) is 0.